The number of benzene rings is 1. The van der Waals surface area contributed by atoms with Gasteiger partial charge >= 0.3 is 0 Å². The molecule has 1 aliphatic rings. The highest BCUT2D eigenvalue weighted by Gasteiger charge is 2.38. The molecule has 1 aromatic rings. The lowest BCUT2D eigenvalue weighted by Gasteiger charge is -2.22. The first-order valence-corrected chi connectivity index (χ1v) is 8.32. The second-order valence-electron chi connectivity index (χ2n) is 4.82. The van der Waals surface area contributed by atoms with E-state index in [9.17, 15) is 8.42 Å². The molecular weight excluding hydrogens is 284 g/mol. The van der Waals surface area contributed by atoms with Gasteiger partial charge < -0.3 is 5.73 Å². The van der Waals surface area contributed by atoms with Crippen molar-refractivity contribution in [3.05, 3.63) is 28.8 Å². The van der Waals surface area contributed by atoms with Crippen LogP contribution in [0.2, 0.25) is 5.02 Å². The summed E-state index contributed by atoms with van der Waals surface area (Å²) in [4.78, 5) is 0.187. The Morgan fingerprint density at radius 3 is 2.58 bits per heavy atom. The Balaban J connectivity index is 2.37. The summed E-state index contributed by atoms with van der Waals surface area (Å²) in [5.74, 6) is 0. The van der Waals surface area contributed by atoms with Gasteiger partial charge in [0.2, 0.25) is 10.0 Å². The number of rotatable bonds is 6. The van der Waals surface area contributed by atoms with E-state index in [-0.39, 0.29) is 16.0 Å². The van der Waals surface area contributed by atoms with Crippen LogP contribution in [-0.2, 0) is 16.6 Å². The summed E-state index contributed by atoms with van der Waals surface area (Å²) in [5, 5.41) is 0.254. The Hall–Kier alpha value is -0.620. The first-order chi connectivity index (χ1) is 9.00. The molecule has 0 heterocycles. The molecule has 2 N–H and O–H groups in total. The monoisotopic (exact) mass is 302 g/mol. The maximum atomic E-state index is 12.6. The van der Waals surface area contributed by atoms with E-state index in [0.717, 1.165) is 24.8 Å². The summed E-state index contributed by atoms with van der Waals surface area (Å²) >= 11 is 6.10. The minimum Gasteiger partial charge on any atom is -0.326 e. The van der Waals surface area contributed by atoms with Crippen LogP contribution in [0.3, 0.4) is 0 Å². The van der Waals surface area contributed by atoms with Crippen molar-refractivity contribution in [1.82, 2.24) is 4.31 Å². The highest BCUT2D eigenvalue weighted by molar-refractivity contribution is 7.89. The molecule has 1 aliphatic carbocycles. The van der Waals surface area contributed by atoms with Crippen molar-refractivity contribution in [2.24, 2.45) is 5.73 Å². The van der Waals surface area contributed by atoms with E-state index in [0.29, 0.717) is 13.1 Å². The molecule has 0 amide bonds. The van der Waals surface area contributed by atoms with Crippen LogP contribution in [0.15, 0.2) is 23.1 Å². The molecule has 106 valence electrons. The molecule has 0 aromatic heterocycles. The van der Waals surface area contributed by atoms with Gasteiger partial charge in [0, 0.05) is 19.1 Å². The molecule has 4 nitrogen and oxygen atoms in total. The molecular formula is C13H19ClN2O2S. The van der Waals surface area contributed by atoms with Gasteiger partial charge in [-0.05, 0) is 37.0 Å². The Labute approximate surface area is 119 Å². The predicted molar refractivity (Wildman–Crippen MR) is 76.5 cm³/mol. The fraction of sp³-hybridized carbons (Fsp3) is 0.538. The number of nitrogens with two attached hydrogens (primary N) is 1. The van der Waals surface area contributed by atoms with E-state index in [1.165, 1.54) is 0 Å². The molecule has 1 fully saturated rings. The fourth-order valence-corrected chi connectivity index (χ4v) is 4.41. The zero-order valence-electron chi connectivity index (χ0n) is 11.0. The van der Waals surface area contributed by atoms with Crippen LogP contribution >= 0.6 is 11.6 Å². The Bertz CT molecular complexity index is 556. The molecule has 6 heteroatoms. The molecule has 2 rings (SSSR count). The van der Waals surface area contributed by atoms with Gasteiger partial charge in [-0.2, -0.15) is 4.31 Å². The topological polar surface area (TPSA) is 63.4 Å². The molecule has 0 saturated heterocycles. The SMILES string of the molecule is CCCN(C1CC1)S(=O)(=O)c1ccc(CN)cc1Cl. The van der Waals surface area contributed by atoms with Gasteiger partial charge in [0.15, 0.2) is 0 Å². The van der Waals surface area contributed by atoms with Crippen LogP contribution in [0.25, 0.3) is 0 Å². The van der Waals surface area contributed by atoms with Gasteiger partial charge in [0.1, 0.15) is 4.90 Å². The summed E-state index contributed by atoms with van der Waals surface area (Å²) < 4.78 is 26.8. The highest BCUT2D eigenvalue weighted by atomic mass is 35.5. The van der Waals surface area contributed by atoms with Crippen LogP contribution in [0.1, 0.15) is 31.7 Å². The minimum atomic E-state index is -3.50. The van der Waals surface area contributed by atoms with E-state index in [4.69, 9.17) is 17.3 Å². The summed E-state index contributed by atoms with van der Waals surface area (Å²) in [6.07, 6.45) is 2.68. The Kier molecular flexibility index (Phi) is 4.50. The number of nitrogens with zero attached hydrogens (tertiary/aromatic N) is 1. The van der Waals surface area contributed by atoms with E-state index in [1.807, 2.05) is 6.92 Å². The van der Waals surface area contributed by atoms with Crippen LogP contribution in [0.4, 0.5) is 0 Å². The summed E-state index contributed by atoms with van der Waals surface area (Å²) in [5.41, 5.74) is 6.36. The molecule has 0 spiro atoms. The molecule has 0 radical (unpaired) electrons. The third-order valence-electron chi connectivity index (χ3n) is 3.22. The largest absolute Gasteiger partial charge is 0.326 e. The van der Waals surface area contributed by atoms with Crippen molar-refractivity contribution in [2.75, 3.05) is 6.54 Å². The number of sulfonamides is 1. The lowest BCUT2D eigenvalue weighted by atomic mass is 10.2. The molecule has 0 aliphatic heterocycles. The maximum Gasteiger partial charge on any atom is 0.244 e. The van der Waals surface area contributed by atoms with Crippen molar-refractivity contribution in [3.8, 4) is 0 Å². The number of halogens is 1. The van der Waals surface area contributed by atoms with Crippen LogP contribution in [-0.4, -0.2) is 25.3 Å². The van der Waals surface area contributed by atoms with Crippen molar-refractivity contribution < 1.29 is 8.42 Å². The average molecular weight is 303 g/mol. The standard InChI is InChI=1S/C13H19ClN2O2S/c1-2-7-16(11-4-5-11)19(17,18)13-6-3-10(9-15)8-12(13)14/h3,6,8,11H,2,4-5,7,9,15H2,1H3. The quantitative estimate of drug-likeness (QED) is 0.877. The summed E-state index contributed by atoms with van der Waals surface area (Å²) in [7, 11) is -3.50. The summed E-state index contributed by atoms with van der Waals surface area (Å²) in [6.45, 7) is 2.87. The van der Waals surface area contributed by atoms with Crippen molar-refractivity contribution in [3.63, 3.8) is 0 Å². The summed E-state index contributed by atoms with van der Waals surface area (Å²) in [6, 6.07) is 5.06. The third-order valence-corrected chi connectivity index (χ3v) is 5.65. The van der Waals surface area contributed by atoms with E-state index in [2.05, 4.69) is 0 Å². The molecule has 0 atom stereocenters. The third kappa shape index (κ3) is 3.11. The van der Waals surface area contributed by atoms with Gasteiger partial charge in [-0.3, -0.25) is 0 Å². The van der Waals surface area contributed by atoms with E-state index < -0.39 is 10.0 Å². The average Bonchev–Trinajstić information content (AvgIpc) is 3.19. The predicted octanol–water partition coefficient (Wildman–Crippen LogP) is 2.36. The van der Waals surface area contributed by atoms with Crippen LogP contribution < -0.4 is 5.73 Å². The molecule has 1 saturated carbocycles. The van der Waals surface area contributed by atoms with Crippen molar-refractivity contribution in [1.29, 1.82) is 0 Å². The van der Waals surface area contributed by atoms with E-state index in [1.54, 1.807) is 22.5 Å². The smallest absolute Gasteiger partial charge is 0.244 e. The molecule has 19 heavy (non-hydrogen) atoms. The molecule has 1 aromatic carbocycles. The zero-order valence-corrected chi connectivity index (χ0v) is 12.5. The van der Waals surface area contributed by atoms with Crippen LogP contribution in [0.5, 0.6) is 0 Å². The molecule has 0 bridgehead atoms. The Morgan fingerprint density at radius 2 is 2.11 bits per heavy atom. The van der Waals surface area contributed by atoms with E-state index >= 15 is 0 Å². The van der Waals surface area contributed by atoms with Gasteiger partial charge in [-0.15, -0.1) is 0 Å². The lowest BCUT2D eigenvalue weighted by molar-refractivity contribution is 0.403. The van der Waals surface area contributed by atoms with Gasteiger partial charge in [-0.1, -0.05) is 24.6 Å². The normalized spacial score (nSPS) is 16.0. The van der Waals surface area contributed by atoms with Gasteiger partial charge in [0.25, 0.3) is 0 Å². The van der Waals surface area contributed by atoms with Crippen molar-refractivity contribution >= 4 is 21.6 Å². The second-order valence-corrected chi connectivity index (χ2v) is 7.08. The minimum absolute atomic E-state index is 0.148. The second kappa shape index (κ2) is 5.79. The number of hydrogen-bond acceptors (Lipinski definition) is 3. The number of hydrogen-bond donors (Lipinski definition) is 1. The first-order valence-electron chi connectivity index (χ1n) is 6.51. The maximum absolute atomic E-state index is 12.6. The first kappa shape index (κ1) is 14.8. The van der Waals surface area contributed by atoms with Gasteiger partial charge in [0.05, 0.1) is 5.02 Å². The Morgan fingerprint density at radius 1 is 1.42 bits per heavy atom. The van der Waals surface area contributed by atoms with Crippen LogP contribution in [0, 0.1) is 0 Å². The molecule has 0 unspecified atom stereocenters. The lowest BCUT2D eigenvalue weighted by Crippen LogP contribution is -2.34. The van der Waals surface area contributed by atoms with Gasteiger partial charge in [-0.25, -0.2) is 8.42 Å². The fourth-order valence-electron chi connectivity index (χ4n) is 2.09. The highest BCUT2D eigenvalue weighted by Crippen LogP contribution is 2.34. The zero-order chi connectivity index (χ0) is 14.0. The van der Waals surface area contributed by atoms with Crippen molar-refractivity contribution in [2.45, 2.75) is 43.7 Å².